The zero-order valence-corrected chi connectivity index (χ0v) is 21.1. The number of hydrogen-bond acceptors (Lipinski definition) is 7. The van der Waals surface area contributed by atoms with Crippen LogP contribution in [0.2, 0.25) is 0 Å². The van der Waals surface area contributed by atoms with Gasteiger partial charge >= 0.3 is 6.09 Å². The maximum absolute atomic E-state index is 12.0. The highest BCUT2D eigenvalue weighted by Gasteiger charge is 2.25. The van der Waals surface area contributed by atoms with Gasteiger partial charge in [0.1, 0.15) is 5.60 Å². The molecule has 0 fully saturated rings. The van der Waals surface area contributed by atoms with Crippen LogP contribution in [0.3, 0.4) is 0 Å². The van der Waals surface area contributed by atoms with Crippen molar-refractivity contribution in [1.29, 1.82) is 0 Å². The highest BCUT2D eigenvalue weighted by molar-refractivity contribution is 7.84. The fourth-order valence-corrected chi connectivity index (χ4v) is 4.50. The molecule has 8 nitrogen and oxygen atoms in total. The molecule has 9 heteroatoms. The first kappa shape index (κ1) is 25.2. The molecule has 1 amide bonds. The van der Waals surface area contributed by atoms with E-state index in [2.05, 4.69) is 38.3 Å². The van der Waals surface area contributed by atoms with E-state index in [0.29, 0.717) is 31.1 Å². The van der Waals surface area contributed by atoms with Crippen LogP contribution in [-0.4, -0.2) is 55.6 Å². The van der Waals surface area contributed by atoms with Crippen molar-refractivity contribution in [2.24, 2.45) is 0 Å². The van der Waals surface area contributed by atoms with E-state index in [4.69, 9.17) is 4.74 Å². The van der Waals surface area contributed by atoms with Crippen molar-refractivity contribution >= 4 is 16.9 Å². The number of carbonyl (C=O) groups excluding carboxylic acids is 1. The molecule has 2 heterocycles. The lowest BCUT2D eigenvalue weighted by Crippen LogP contribution is -2.33. The van der Waals surface area contributed by atoms with Crippen LogP contribution in [0.25, 0.3) is 0 Å². The lowest BCUT2D eigenvalue weighted by atomic mass is 9.91. The van der Waals surface area contributed by atoms with Gasteiger partial charge in [-0.3, -0.25) is 14.1 Å². The van der Waals surface area contributed by atoms with E-state index in [-0.39, 0.29) is 6.04 Å². The Hall–Kier alpha value is -2.39. The number of ether oxygens (including phenoxy) is 1. The summed E-state index contributed by atoms with van der Waals surface area (Å²) < 4.78 is 17.2. The second kappa shape index (κ2) is 11.2. The van der Waals surface area contributed by atoms with Crippen LogP contribution >= 0.6 is 0 Å². The molecular formula is C24H35N5O3S. The van der Waals surface area contributed by atoms with Gasteiger partial charge in [-0.15, -0.1) is 0 Å². The minimum absolute atomic E-state index is 0.247. The molecule has 0 radical (unpaired) electrons. The molecule has 0 bridgehead atoms. The largest absolute Gasteiger partial charge is 0.444 e. The molecule has 1 aliphatic carbocycles. The molecule has 0 saturated carbocycles. The average Bonchev–Trinajstić information content (AvgIpc) is 2.75. The van der Waals surface area contributed by atoms with Gasteiger partial charge in [-0.1, -0.05) is 6.07 Å². The second-order valence-electron chi connectivity index (χ2n) is 9.48. The predicted molar refractivity (Wildman–Crippen MR) is 128 cm³/mol. The van der Waals surface area contributed by atoms with Crippen molar-refractivity contribution in [2.75, 3.05) is 19.8 Å². The predicted octanol–water partition coefficient (Wildman–Crippen LogP) is 3.58. The van der Waals surface area contributed by atoms with Crippen molar-refractivity contribution in [3.63, 3.8) is 0 Å². The standard InChI is InChI=1S/C24H35N5O3S/c1-24(2,3)32-23(30)26-14-8-11-19-18(15-27-22(28-19)33(5)31)16-29(4)20-12-6-9-17-10-7-13-25-21(17)20/h7,10,13,15,20H,6,8-9,11-12,14,16H2,1-5H3,(H,26,30). The number of alkyl carbamates (subject to hydrolysis) is 1. The van der Waals surface area contributed by atoms with E-state index in [0.717, 1.165) is 36.2 Å². The zero-order valence-electron chi connectivity index (χ0n) is 20.3. The van der Waals surface area contributed by atoms with E-state index in [1.807, 2.05) is 33.0 Å². The van der Waals surface area contributed by atoms with Crippen molar-refractivity contribution in [1.82, 2.24) is 25.2 Å². The fraction of sp³-hybridized carbons (Fsp3) is 0.583. The number of nitrogens with zero attached hydrogens (tertiary/aromatic N) is 4. The molecule has 2 aromatic heterocycles. The first-order valence-corrected chi connectivity index (χ1v) is 13.0. The maximum atomic E-state index is 12.0. The minimum Gasteiger partial charge on any atom is -0.444 e. The lowest BCUT2D eigenvalue weighted by Gasteiger charge is -2.32. The molecule has 3 rings (SSSR count). The zero-order chi connectivity index (χ0) is 24.0. The van der Waals surface area contributed by atoms with Crippen molar-refractivity contribution in [2.45, 2.75) is 76.2 Å². The van der Waals surface area contributed by atoms with Gasteiger partial charge in [0.25, 0.3) is 0 Å². The summed E-state index contributed by atoms with van der Waals surface area (Å²) in [7, 11) is 0.849. The SMILES string of the molecule is CN(Cc1cnc(S(C)=O)nc1CCCNC(=O)OC(C)(C)C)C1CCCc2cccnc21. The number of aryl methyl sites for hydroxylation is 2. The summed E-state index contributed by atoms with van der Waals surface area (Å²) in [6.07, 6.45) is 9.42. The number of nitrogens with one attached hydrogen (secondary N) is 1. The summed E-state index contributed by atoms with van der Waals surface area (Å²) in [5, 5.41) is 3.12. The molecule has 2 atom stereocenters. The molecular weight excluding hydrogens is 438 g/mol. The van der Waals surface area contributed by atoms with Gasteiger partial charge in [0.05, 0.1) is 22.5 Å². The number of pyridine rings is 1. The first-order chi connectivity index (χ1) is 15.6. The molecule has 1 aliphatic rings. The average molecular weight is 474 g/mol. The Morgan fingerprint density at radius 2 is 2.12 bits per heavy atom. The van der Waals surface area contributed by atoms with Gasteiger partial charge in [-0.05, 0) is 71.6 Å². The topological polar surface area (TPSA) is 97.3 Å². The third kappa shape index (κ3) is 7.30. The highest BCUT2D eigenvalue weighted by Crippen LogP contribution is 2.32. The Bertz CT molecular complexity index is 992. The summed E-state index contributed by atoms with van der Waals surface area (Å²) in [6.45, 7) is 6.65. The quantitative estimate of drug-likeness (QED) is 0.462. The molecule has 2 unspecified atom stereocenters. The number of carbonyl (C=O) groups is 1. The maximum Gasteiger partial charge on any atom is 0.407 e. The molecule has 0 aliphatic heterocycles. The van der Waals surface area contributed by atoms with Crippen LogP contribution < -0.4 is 5.32 Å². The van der Waals surface area contributed by atoms with Crippen molar-refractivity contribution in [3.8, 4) is 0 Å². The fourth-order valence-electron chi connectivity index (χ4n) is 4.06. The molecule has 2 aromatic rings. The van der Waals surface area contributed by atoms with Crippen LogP contribution in [0, 0.1) is 0 Å². The summed E-state index contributed by atoms with van der Waals surface area (Å²) in [5.41, 5.74) is 3.82. The molecule has 0 aromatic carbocycles. The van der Waals surface area contributed by atoms with Gasteiger partial charge in [-0.25, -0.2) is 14.8 Å². The smallest absolute Gasteiger partial charge is 0.407 e. The van der Waals surface area contributed by atoms with E-state index in [1.165, 1.54) is 5.56 Å². The highest BCUT2D eigenvalue weighted by atomic mass is 32.2. The van der Waals surface area contributed by atoms with Gasteiger partial charge < -0.3 is 10.1 Å². The normalized spacial score (nSPS) is 16.8. The molecule has 0 saturated heterocycles. The Labute approximate surface area is 199 Å². The third-order valence-corrected chi connectivity index (χ3v) is 6.28. The monoisotopic (exact) mass is 473 g/mol. The summed E-state index contributed by atoms with van der Waals surface area (Å²) >= 11 is 0. The van der Waals surface area contributed by atoms with Crippen LogP contribution in [-0.2, 0) is 34.9 Å². The Balaban J connectivity index is 1.68. The first-order valence-electron chi connectivity index (χ1n) is 11.4. The summed E-state index contributed by atoms with van der Waals surface area (Å²) in [4.78, 5) is 27.8. The lowest BCUT2D eigenvalue weighted by molar-refractivity contribution is 0.0527. The van der Waals surface area contributed by atoms with Crippen LogP contribution in [0.1, 0.15) is 68.6 Å². The summed E-state index contributed by atoms with van der Waals surface area (Å²) in [6, 6.07) is 4.42. The Morgan fingerprint density at radius 3 is 2.85 bits per heavy atom. The van der Waals surface area contributed by atoms with E-state index >= 15 is 0 Å². The number of aromatic nitrogens is 3. The third-order valence-electron chi connectivity index (χ3n) is 5.56. The van der Waals surface area contributed by atoms with Crippen molar-refractivity contribution in [3.05, 3.63) is 47.0 Å². The number of rotatable bonds is 8. The van der Waals surface area contributed by atoms with Crippen molar-refractivity contribution < 1.29 is 13.7 Å². The number of hydrogen-bond donors (Lipinski definition) is 1. The van der Waals surface area contributed by atoms with Crippen LogP contribution in [0.5, 0.6) is 0 Å². The number of fused-ring (bicyclic) bond motifs is 1. The molecule has 0 spiro atoms. The second-order valence-corrected chi connectivity index (χ2v) is 10.8. The molecule has 180 valence electrons. The van der Waals surface area contributed by atoms with E-state index in [1.54, 1.807) is 12.5 Å². The van der Waals surface area contributed by atoms with Gasteiger partial charge in [-0.2, -0.15) is 0 Å². The van der Waals surface area contributed by atoms with Gasteiger partial charge in [0, 0.05) is 43.0 Å². The van der Waals surface area contributed by atoms with E-state index in [9.17, 15) is 9.00 Å². The minimum atomic E-state index is -1.26. The Kier molecular flexibility index (Phi) is 8.53. The van der Waals surface area contributed by atoms with Crippen LogP contribution in [0.4, 0.5) is 4.79 Å². The van der Waals surface area contributed by atoms with Gasteiger partial charge in [0.2, 0.25) is 5.16 Å². The molecule has 33 heavy (non-hydrogen) atoms. The van der Waals surface area contributed by atoms with Crippen LogP contribution in [0.15, 0.2) is 29.7 Å². The summed E-state index contributed by atoms with van der Waals surface area (Å²) in [5.74, 6) is 0. The van der Waals surface area contributed by atoms with Gasteiger partial charge in [0.15, 0.2) is 0 Å². The Morgan fingerprint density at radius 1 is 1.33 bits per heavy atom. The number of amides is 1. The van der Waals surface area contributed by atoms with E-state index < -0.39 is 22.5 Å². The molecule has 1 N–H and O–H groups in total.